The lowest BCUT2D eigenvalue weighted by atomic mass is 10.1. The van der Waals surface area contributed by atoms with Crippen molar-refractivity contribution in [2.75, 3.05) is 0 Å². The van der Waals surface area contributed by atoms with Crippen LogP contribution in [-0.2, 0) is 0 Å². The standard InChI is InChI=1S/C15H12ClN3O/c16-12-8-6-11(7-9-12)14-18-19-15(20-14)13(17)10-4-2-1-3-5-10/h1-9,13H,17H2. The van der Waals surface area contributed by atoms with Gasteiger partial charge in [-0.25, -0.2) is 0 Å². The van der Waals surface area contributed by atoms with Gasteiger partial charge in [-0.05, 0) is 29.8 Å². The molecular formula is C15H12ClN3O. The first-order valence-corrected chi connectivity index (χ1v) is 6.52. The highest BCUT2D eigenvalue weighted by Gasteiger charge is 2.16. The van der Waals surface area contributed by atoms with Crippen molar-refractivity contribution in [3.8, 4) is 11.5 Å². The topological polar surface area (TPSA) is 64.9 Å². The van der Waals surface area contributed by atoms with E-state index in [2.05, 4.69) is 10.2 Å². The van der Waals surface area contributed by atoms with Crippen LogP contribution in [0.25, 0.3) is 11.5 Å². The monoisotopic (exact) mass is 285 g/mol. The second-order valence-electron chi connectivity index (χ2n) is 4.34. The Hall–Kier alpha value is -2.17. The summed E-state index contributed by atoms with van der Waals surface area (Å²) in [6.07, 6.45) is 0. The van der Waals surface area contributed by atoms with E-state index in [9.17, 15) is 0 Å². The highest BCUT2D eigenvalue weighted by Crippen LogP contribution is 2.24. The second-order valence-corrected chi connectivity index (χ2v) is 4.78. The first-order chi connectivity index (χ1) is 9.74. The predicted octanol–water partition coefficient (Wildman–Crippen LogP) is 3.44. The number of hydrogen-bond donors (Lipinski definition) is 1. The van der Waals surface area contributed by atoms with Crippen LogP contribution in [-0.4, -0.2) is 10.2 Å². The number of benzene rings is 2. The third kappa shape index (κ3) is 2.57. The zero-order chi connectivity index (χ0) is 13.9. The maximum absolute atomic E-state index is 6.11. The maximum Gasteiger partial charge on any atom is 0.247 e. The van der Waals surface area contributed by atoms with E-state index >= 15 is 0 Å². The Kier molecular flexibility index (Phi) is 3.50. The summed E-state index contributed by atoms with van der Waals surface area (Å²) in [4.78, 5) is 0. The number of nitrogens with zero attached hydrogens (tertiary/aromatic N) is 2. The molecule has 0 fully saturated rings. The van der Waals surface area contributed by atoms with Gasteiger partial charge >= 0.3 is 0 Å². The van der Waals surface area contributed by atoms with Gasteiger partial charge in [-0.2, -0.15) is 0 Å². The minimum atomic E-state index is -0.426. The van der Waals surface area contributed by atoms with E-state index in [1.807, 2.05) is 42.5 Å². The van der Waals surface area contributed by atoms with E-state index < -0.39 is 6.04 Å². The molecule has 20 heavy (non-hydrogen) atoms. The Bertz CT molecular complexity index is 695. The smallest absolute Gasteiger partial charge is 0.247 e. The molecule has 0 saturated heterocycles. The first kappa shape index (κ1) is 12.8. The van der Waals surface area contributed by atoms with E-state index in [-0.39, 0.29) is 0 Å². The highest BCUT2D eigenvalue weighted by molar-refractivity contribution is 6.30. The van der Waals surface area contributed by atoms with Gasteiger partial charge in [0.2, 0.25) is 11.8 Å². The number of nitrogens with two attached hydrogens (primary N) is 1. The van der Waals surface area contributed by atoms with Crippen LogP contribution >= 0.6 is 11.6 Å². The van der Waals surface area contributed by atoms with Crippen LogP contribution in [0, 0.1) is 0 Å². The number of aromatic nitrogens is 2. The van der Waals surface area contributed by atoms with Crippen molar-refractivity contribution in [2.24, 2.45) is 5.73 Å². The molecule has 0 saturated carbocycles. The van der Waals surface area contributed by atoms with Crippen LogP contribution in [0.3, 0.4) is 0 Å². The normalized spacial score (nSPS) is 12.3. The third-order valence-electron chi connectivity index (χ3n) is 2.96. The molecule has 0 amide bonds. The number of hydrogen-bond acceptors (Lipinski definition) is 4. The van der Waals surface area contributed by atoms with Crippen LogP contribution in [0.2, 0.25) is 5.02 Å². The number of rotatable bonds is 3. The van der Waals surface area contributed by atoms with Crippen molar-refractivity contribution in [2.45, 2.75) is 6.04 Å². The van der Waals surface area contributed by atoms with Crippen LogP contribution in [0.4, 0.5) is 0 Å². The summed E-state index contributed by atoms with van der Waals surface area (Å²) in [5.41, 5.74) is 7.86. The Morgan fingerprint density at radius 3 is 2.35 bits per heavy atom. The van der Waals surface area contributed by atoms with Gasteiger partial charge in [-0.15, -0.1) is 10.2 Å². The molecule has 0 radical (unpaired) electrons. The fourth-order valence-corrected chi connectivity index (χ4v) is 2.00. The van der Waals surface area contributed by atoms with Gasteiger partial charge in [0.15, 0.2) is 0 Å². The summed E-state index contributed by atoms with van der Waals surface area (Å²) in [5.74, 6) is 0.823. The second kappa shape index (κ2) is 5.45. The van der Waals surface area contributed by atoms with Crippen LogP contribution < -0.4 is 5.73 Å². The fourth-order valence-electron chi connectivity index (χ4n) is 1.87. The molecule has 1 heterocycles. The van der Waals surface area contributed by atoms with Crippen LogP contribution in [0.5, 0.6) is 0 Å². The van der Waals surface area contributed by atoms with Crippen molar-refractivity contribution in [1.82, 2.24) is 10.2 Å². The molecule has 2 N–H and O–H groups in total. The van der Waals surface area contributed by atoms with E-state index in [0.29, 0.717) is 16.8 Å². The Morgan fingerprint density at radius 1 is 0.950 bits per heavy atom. The average Bonchev–Trinajstić information content (AvgIpc) is 2.98. The van der Waals surface area contributed by atoms with Crippen molar-refractivity contribution in [3.05, 3.63) is 71.1 Å². The van der Waals surface area contributed by atoms with E-state index in [4.69, 9.17) is 21.8 Å². The van der Waals surface area contributed by atoms with Gasteiger partial charge in [0, 0.05) is 10.6 Å². The third-order valence-corrected chi connectivity index (χ3v) is 3.21. The van der Waals surface area contributed by atoms with Gasteiger partial charge in [0.1, 0.15) is 6.04 Å². The fraction of sp³-hybridized carbons (Fsp3) is 0.0667. The molecule has 4 nitrogen and oxygen atoms in total. The molecule has 0 bridgehead atoms. The molecule has 3 rings (SSSR count). The van der Waals surface area contributed by atoms with Gasteiger partial charge in [0.05, 0.1) is 0 Å². The summed E-state index contributed by atoms with van der Waals surface area (Å²) in [5, 5.41) is 8.70. The maximum atomic E-state index is 6.11. The van der Waals surface area contributed by atoms with Gasteiger partial charge < -0.3 is 10.2 Å². The predicted molar refractivity (Wildman–Crippen MR) is 77.2 cm³/mol. The number of halogens is 1. The Morgan fingerprint density at radius 2 is 1.65 bits per heavy atom. The van der Waals surface area contributed by atoms with E-state index in [1.54, 1.807) is 12.1 Å². The van der Waals surface area contributed by atoms with Gasteiger partial charge in [0.25, 0.3) is 0 Å². The summed E-state index contributed by atoms with van der Waals surface area (Å²) < 4.78 is 5.64. The Labute approximate surface area is 121 Å². The van der Waals surface area contributed by atoms with Crippen molar-refractivity contribution >= 4 is 11.6 Å². The van der Waals surface area contributed by atoms with Crippen molar-refractivity contribution < 1.29 is 4.42 Å². The molecule has 5 heteroatoms. The molecule has 1 unspecified atom stereocenters. The summed E-state index contributed by atoms with van der Waals surface area (Å²) in [6.45, 7) is 0. The largest absolute Gasteiger partial charge is 0.419 e. The summed E-state index contributed by atoms with van der Waals surface area (Å²) in [6, 6.07) is 16.4. The molecular weight excluding hydrogens is 274 g/mol. The molecule has 2 aromatic carbocycles. The average molecular weight is 286 g/mol. The lowest BCUT2D eigenvalue weighted by Gasteiger charge is -2.06. The molecule has 0 spiro atoms. The molecule has 1 atom stereocenters. The SMILES string of the molecule is NC(c1ccccc1)c1nnc(-c2ccc(Cl)cc2)o1. The summed E-state index contributed by atoms with van der Waals surface area (Å²) in [7, 11) is 0. The van der Waals surface area contributed by atoms with Crippen molar-refractivity contribution in [1.29, 1.82) is 0 Å². The van der Waals surface area contributed by atoms with Crippen LogP contribution in [0.1, 0.15) is 17.5 Å². The minimum Gasteiger partial charge on any atom is -0.419 e. The molecule has 0 aliphatic carbocycles. The van der Waals surface area contributed by atoms with E-state index in [0.717, 1.165) is 11.1 Å². The minimum absolute atomic E-state index is 0.390. The molecule has 0 aliphatic heterocycles. The molecule has 0 aliphatic rings. The highest BCUT2D eigenvalue weighted by atomic mass is 35.5. The first-order valence-electron chi connectivity index (χ1n) is 6.14. The molecule has 1 aromatic heterocycles. The quantitative estimate of drug-likeness (QED) is 0.800. The van der Waals surface area contributed by atoms with Crippen molar-refractivity contribution in [3.63, 3.8) is 0 Å². The lowest BCUT2D eigenvalue weighted by Crippen LogP contribution is -2.11. The molecule has 100 valence electrons. The zero-order valence-electron chi connectivity index (χ0n) is 10.5. The lowest BCUT2D eigenvalue weighted by molar-refractivity contribution is 0.484. The zero-order valence-corrected chi connectivity index (χ0v) is 11.3. The van der Waals surface area contributed by atoms with Crippen LogP contribution in [0.15, 0.2) is 59.0 Å². The van der Waals surface area contributed by atoms with Gasteiger partial charge in [-0.1, -0.05) is 41.9 Å². The van der Waals surface area contributed by atoms with E-state index in [1.165, 1.54) is 0 Å². The Balaban J connectivity index is 1.89. The van der Waals surface area contributed by atoms with Gasteiger partial charge in [-0.3, -0.25) is 0 Å². The molecule has 3 aromatic rings. The summed E-state index contributed by atoms with van der Waals surface area (Å²) >= 11 is 5.85.